The van der Waals surface area contributed by atoms with Gasteiger partial charge in [0.15, 0.2) is 0 Å². The number of carbonyl (C=O) groups excluding carboxylic acids is 1. The van der Waals surface area contributed by atoms with Crippen molar-refractivity contribution in [3.05, 3.63) is 35.4 Å². The van der Waals surface area contributed by atoms with Crippen LogP contribution in [0.2, 0.25) is 0 Å². The molecule has 0 saturated carbocycles. The number of rotatable bonds is 6. The SMILES string of the molecule is CCCC(C)c1cccc(C(=O)OCC2CO2)c1. The summed E-state index contributed by atoms with van der Waals surface area (Å²) in [6, 6.07) is 7.74. The molecule has 0 amide bonds. The molecule has 1 saturated heterocycles. The third-order valence-electron chi connectivity index (χ3n) is 3.22. The summed E-state index contributed by atoms with van der Waals surface area (Å²) in [6.45, 7) is 5.44. The van der Waals surface area contributed by atoms with Crippen molar-refractivity contribution in [2.24, 2.45) is 0 Å². The summed E-state index contributed by atoms with van der Waals surface area (Å²) >= 11 is 0. The lowest BCUT2D eigenvalue weighted by atomic mass is 9.95. The quantitative estimate of drug-likeness (QED) is 0.573. The smallest absolute Gasteiger partial charge is 0.338 e. The fourth-order valence-corrected chi connectivity index (χ4v) is 1.99. The predicted octanol–water partition coefficient (Wildman–Crippen LogP) is 3.15. The van der Waals surface area contributed by atoms with Crippen LogP contribution in [0.15, 0.2) is 24.3 Å². The summed E-state index contributed by atoms with van der Waals surface area (Å²) in [6.07, 6.45) is 2.40. The van der Waals surface area contributed by atoms with Gasteiger partial charge in [-0.1, -0.05) is 32.4 Å². The molecule has 1 aliphatic heterocycles. The molecule has 0 aliphatic carbocycles. The molecule has 0 aromatic heterocycles. The van der Waals surface area contributed by atoms with Crippen LogP contribution in [0.4, 0.5) is 0 Å². The average molecular weight is 248 g/mol. The highest BCUT2D eigenvalue weighted by Gasteiger charge is 2.24. The fraction of sp³-hybridized carbons (Fsp3) is 0.533. The summed E-state index contributed by atoms with van der Waals surface area (Å²) in [7, 11) is 0. The Morgan fingerprint density at radius 3 is 3.00 bits per heavy atom. The first-order valence-corrected chi connectivity index (χ1v) is 6.59. The van der Waals surface area contributed by atoms with Crippen LogP contribution in [-0.2, 0) is 9.47 Å². The highest BCUT2D eigenvalue weighted by atomic mass is 16.6. The van der Waals surface area contributed by atoms with Crippen LogP contribution in [0.3, 0.4) is 0 Å². The number of benzene rings is 1. The Labute approximate surface area is 108 Å². The highest BCUT2D eigenvalue weighted by Crippen LogP contribution is 2.21. The summed E-state index contributed by atoms with van der Waals surface area (Å²) < 4.78 is 10.2. The van der Waals surface area contributed by atoms with Gasteiger partial charge in [0.1, 0.15) is 12.7 Å². The molecule has 2 rings (SSSR count). The van der Waals surface area contributed by atoms with E-state index in [0.29, 0.717) is 24.7 Å². The Morgan fingerprint density at radius 1 is 1.56 bits per heavy atom. The zero-order valence-corrected chi connectivity index (χ0v) is 11.0. The Hall–Kier alpha value is -1.35. The van der Waals surface area contributed by atoms with Gasteiger partial charge in [-0.3, -0.25) is 0 Å². The number of hydrogen-bond donors (Lipinski definition) is 0. The second-order valence-electron chi connectivity index (χ2n) is 4.87. The van der Waals surface area contributed by atoms with Crippen molar-refractivity contribution in [2.45, 2.75) is 38.7 Å². The zero-order valence-electron chi connectivity index (χ0n) is 11.0. The number of esters is 1. The summed E-state index contributed by atoms with van der Waals surface area (Å²) in [5.74, 6) is 0.227. The molecule has 0 bridgehead atoms. The van der Waals surface area contributed by atoms with Gasteiger partial charge in [0.05, 0.1) is 12.2 Å². The minimum atomic E-state index is -0.254. The largest absolute Gasteiger partial charge is 0.459 e. The lowest BCUT2D eigenvalue weighted by molar-refractivity contribution is 0.0476. The van der Waals surface area contributed by atoms with E-state index < -0.39 is 0 Å². The van der Waals surface area contributed by atoms with E-state index in [1.807, 2.05) is 12.1 Å². The van der Waals surface area contributed by atoms with Gasteiger partial charge in [0.2, 0.25) is 0 Å². The lowest BCUT2D eigenvalue weighted by Gasteiger charge is -2.11. The maximum absolute atomic E-state index is 11.8. The maximum Gasteiger partial charge on any atom is 0.338 e. The van der Waals surface area contributed by atoms with Crippen LogP contribution in [0.1, 0.15) is 48.5 Å². The van der Waals surface area contributed by atoms with Gasteiger partial charge in [0.25, 0.3) is 0 Å². The molecule has 1 heterocycles. The van der Waals surface area contributed by atoms with Crippen LogP contribution in [-0.4, -0.2) is 25.3 Å². The molecule has 2 unspecified atom stereocenters. The van der Waals surface area contributed by atoms with Gasteiger partial charge >= 0.3 is 5.97 Å². The molecule has 98 valence electrons. The van der Waals surface area contributed by atoms with Gasteiger partial charge in [-0.2, -0.15) is 0 Å². The van der Waals surface area contributed by atoms with Crippen LogP contribution in [0.5, 0.6) is 0 Å². The first kappa shape index (κ1) is 13.1. The zero-order chi connectivity index (χ0) is 13.0. The molecule has 0 N–H and O–H groups in total. The number of hydrogen-bond acceptors (Lipinski definition) is 3. The second kappa shape index (κ2) is 6.01. The van der Waals surface area contributed by atoms with E-state index in [1.165, 1.54) is 5.56 Å². The van der Waals surface area contributed by atoms with Crippen molar-refractivity contribution in [1.29, 1.82) is 0 Å². The first-order valence-electron chi connectivity index (χ1n) is 6.59. The molecule has 1 fully saturated rings. The highest BCUT2D eigenvalue weighted by molar-refractivity contribution is 5.89. The Bertz CT molecular complexity index is 410. The minimum Gasteiger partial charge on any atom is -0.459 e. The molecule has 1 aliphatic rings. The molecule has 1 aromatic carbocycles. The molecule has 3 nitrogen and oxygen atoms in total. The number of ether oxygens (including phenoxy) is 2. The van der Waals surface area contributed by atoms with Gasteiger partial charge in [-0.25, -0.2) is 4.79 Å². The van der Waals surface area contributed by atoms with Crippen LogP contribution in [0.25, 0.3) is 0 Å². The molecule has 1 aromatic rings. The van der Waals surface area contributed by atoms with Gasteiger partial charge in [-0.05, 0) is 30.0 Å². The molecule has 2 atom stereocenters. The van der Waals surface area contributed by atoms with E-state index in [-0.39, 0.29) is 12.1 Å². The molecule has 0 spiro atoms. The summed E-state index contributed by atoms with van der Waals surface area (Å²) in [5, 5.41) is 0. The van der Waals surface area contributed by atoms with Crippen molar-refractivity contribution in [3.8, 4) is 0 Å². The molecular formula is C15H20O3. The number of carbonyl (C=O) groups is 1. The van der Waals surface area contributed by atoms with Gasteiger partial charge in [-0.15, -0.1) is 0 Å². The monoisotopic (exact) mass is 248 g/mol. The molecule has 0 radical (unpaired) electrons. The van der Waals surface area contributed by atoms with Crippen molar-refractivity contribution in [1.82, 2.24) is 0 Å². The minimum absolute atomic E-state index is 0.121. The topological polar surface area (TPSA) is 38.8 Å². The van der Waals surface area contributed by atoms with Gasteiger partial charge < -0.3 is 9.47 Å². The van der Waals surface area contributed by atoms with E-state index in [0.717, 1.165) is 12.8 Å². The molecule has 3 heteroatoms. The predicted molar refractivity (Wildman–Crippen MR) is 69.8 cm³/mol. The normalized spacial score (nSPS) is 19.3. The Morgan fingerprint density at radius 2 is 2.33 bits per heavy atom. The molecular weight excluding hydrogens is 228 g/mol. The fourth-order valence-electron chi connectivity index (χ4n) is 1.99. The van der Waals surface area contributed by atoms with E-state index >= 15 is 0 Å². The first-order chi connectivity index (χ1) is 8.70. The average Bonchev–Trinajstić information content (AvgIpc) is 3.20. The van der Waals surface area contributed by atoms with Gasteiger partial charge in [0, 0.05) is 0 Å². The van der Waals surface area contributed by atoms with Crippen molar-refractivity contribution in [3.63, 3.8) is 0 Å². The Kier molecular flexibility index (Phi) is 4.37. The lowest BCUT2D eigenvalue weighted by Crippen LogP contribution is -2.10. The second-order valence-corrected chi connectivity index (χ2v) is 4.87. The number of epoxide rings is 1. The standard InChI is InChI=1S/C15H20O3/c1-3-5-11(2)12-6-4-7-13(8-12)15(16)18-10-14-9-17-14/h4,6-8,11,14H,3,5,9-10H2,1-2H3. The van der Waals surface area contributed by atoms with Crippen molar-refractivity contribution in [2.75, 3.05) is 13.2 Å². The van der Waals surface area contributed by atoms with Crippen molar-refractivity contribution >= 4 is 5.97 Å². The molecule has 18 heavy (non-hydrogen) atoms. The third-order valence-corrected chi connectivity index (χ3v) is 3.22. The van der Waals surface area contributed by atoms with Crippen LogP contribution >= 0.6 is 0 Å². The maximum atomic E-state index is 11.8. The van der Waals surface area contributed by atoms with Crippen LogP contribution < -0.4 is 0 Å². The summed E-state index contributed by atoms with van der Waals surface area (Å²) in [4.78, 5) is 11.8. The Balaban J connectivity index is 1.98. The summed E-state index contributed by atoms with van der Waals surface area (Å²) in [5.41, 5.74) is 1.84. The van der Waals surface area contributed by atoms with E-state index in [9.17, 15) is 4.79 Å². The van der Waals surface area contributed by atoms with E-state index in [2.05, 4.69) is 19.9 Å². The van der Waals surface area contributed by atoms with E-state index in [1.54, 1.807) is 6.07 Å². The van der Waals surface area contributed by atoms with E-state index in [4.69, 9.17) is 9.47 Å². The van der Waals surface area contributed by atoms with Crippen molar-refractivity contribution < 1.29 is 14.3 Å². The third kappa shape index (κ3) is 3.57. The van der Waals surface area contributed by atoms with Crippen LogP contribution in [0, 0.1) is 0 Å².